The van der Waals surface area contributed by atoms with E-state index in [0.717, 1.165) is 41.5 Å². The quantitative estimate of drug-likeness (QED) is 0.676. The van der Waals surface area contributed by atoms with E-state index in [2.05, 4.69) is 51.4 Å². The minimum Gasteiger partial charge on any atom is -0.378 e. The molecule has 4 rings (SSSR count). The van der Waals surface area contributed by atoms with E-state index < -0.39 is 0 Å². The largest absolute Gasteiger partial charge is 0.378 e. The molecule has 1 aromatic carbocycles. The number of hydrogen-bond acceptors (Lipinski definition) is 6. The second-order valence-electron chi connectivity index (χ2n) is 6.89. The van der Waals surface area contributed by atoms with E-state index in [0.29, 0.717) is 25.5 Å². The standard InChI is InChI=1S/C22H24N4O2S/c1-2-16-3-5-17(6-4-16)14-24-21(27)19-15-29-22(25-19)18-7-8-23-20(13-18)26-9-11-28-12-10-26/h3-8,13,15H,2,9-12,14H2,1H3,(H,24,27). The number of morpholine rings is 1. The van der Waals surface area contributed by atoms with Gasteiger partial charge in [-0.1, -0.05) is 31.2 Å². The molecule has 0 spiro atoms. The lowest BCUT2D eigenvalue weighted by Gasteiger charge is -2.27. The van der Waals surface area contributed by atoms with Gasteiger partial charge in [-0.05, 0) is 29.7 Å². The molecule has 3 heterocycles. The minimum atomic E-state index is -0.158. The van der Waals surface area contributed by atoms with Gasteiger partial charge in [-0.3, -0.25) is 4.79 Å². The fraction of sp³-hybridized carbons (Fsp3) is 0.318. The Balaban J connectivity index is 1.41. The highest BCUT2D eigenvalue weighted by Crippen LogP contribution is 2.26. The molecule has 3 aromatic rings. The highest BCUT2D eigenvalue weighted by atomic mass is 32.1. The van der Waals surface area contributed by atoms with Crippen molar-refractivity contribution in [2.24, 2.45) is 0 Å². The van der Waals surface area contributed by atoms with E-state index in [1.807, 2.05) is 12.1 Å². The monoisotopic (exact) mass is 408 g/mol. The molecule has 2 aromatic heterocycles. The van der Waals surface area contributed by atoms with Crippen molar-refractivity contribution >= 4 is 23.1 Å². The number of amides is 1. The first kappa shape index (κ1) is 19.5. The van der Waals surface area contributed by atoms with Gasteiger partial charge < -0.3 is 15.0 Å². The number of nitrogens with zero attached hydrogens (tertiary/aromatic N) is 3. The summed E-state index contributed by atoms with van der Waals surface area (Å²) < 4.78 is 5.41. The summed E-state index contributed by atoms with van der Waals surface area (Å²) in [6.45, 7) is 5.72. The molecular formula is C22H24N4O2S. The van der Waals surface area contributed by atoms with Gasteiger partial charge in [0.2, 0.25) is 0 Å². The first-order valence-electron chi connectivity index (χ1n) is 9.83. The van der Waals surface area contributed by atoms with E-state index in [-0.39, 0.29) is 5.91 Å². The van der Waals surface area contributed by atoms with Crippen molar-refractivity contribution < 1.29 is 9.53 Å². The highest BCUT2D eigenvalue weighted by Gasteiger charge is 2.15. The number of carbonyl (C=O) groups excluding carboxylic acids is 1. The molecule has 1 fully saturated rings. The van der Waals surface area contributed by atoms with Crippen LogP contribution in [0.25, 0.3) is 10.6 Å². The first-order valence-corrected chi connectivity index (χ1v) is 10.7. The van der Waals surface area contributed by atoms with E-state index in [1.165, 1.54) is 16.9 Å². The van der Waals surface area contributed by atoms with Crippen molar-refractivity contribution in [3.63, 3.8) is 0 Å². The van der Waals surface area contributed by atoms with Gasteiger partial charge in [0.15, 0.2) is 0 Å². The lowest BCUT2D eigenvalue weighted by molar-refractivity contribution is 0.0946. The summed E-state index contributed by atoms with van der Waals surface area (Å²) in [6, 6.07) is 12.3. The van der Waals surface area contributed by atoms with Gasteiger partial charge in [0.25, 0.3) is 5.91 Å². The summed E-state index contributed by atoms with van der Waals surface area (Å²) in [5.74, 6) is 0.761. The smallest absolute Gasteiger partial charge is 0.271 e. The third-order valence-corrected chi connectivity index (χ3v) is 5.84. The van der Waals surface area contributed by atoms with Crippen molar-refractivity contribution in [3.05, 3.63) is 64.8 Å². The zero-order chi connectivity index (χ0) is 20.1. The average Bonchev–Trinajstić information content (AvgIpc) is 3.29. The maximum absolute atomic E-state index is 12.5. The number of rotatable bonds is 6. The predicted molar refractivity (Wildman–Crippen MR) is 115 cm³/mol. The second kappa shape index (κ2) is 9.15. The Hall–Kier alpha value is -2.77. The van der Waals surface area contributed by atoms with Crippen molar-refractivity contribution in [1.29, 1.82) is 0 Å². The number of pyridine rings is 1. The number of nitrogens with one attached hydrogen (secondary N) is 1. The Morgan fingerprint density at radius 3 is 2.69 bits per heavy atom. The van der Waals surface area contributed by atoms with E-state index in [4.69, 9.17) is 4.74 Å². The normalized spacial score (nSPS) is 14.0. The Morgan fingerprint density at radius 2 is 1.93 bits per heavy atom. The molecule has 1 saturated heterocycles. The molecule has 1 aliphatic rings. The summed E-state index contributed by atoms with van der Waals surface area (Å²) in [5.41, 5.74) is 3.79. The second-order valence-corrected chi connectivity index (χ2v) is 7.75. The molecule has 6 nitrogen and oxygen atoms in total. The number of aryl methyl sites for hydroxylation is 1. The van der Waals surface area contributed by atoms with Gasteiger partial charge in [0, 0.05) is 36.8 Å². The van der Waals surface area contributed by atoms with Crippen LogP contribution in [0, 0.1) is 0 Å². The fourth-order valence-corrected chi connectivity index (χ4v) is 3.99. The Labute approximate surface area is 174 Å². The van der Waals surface area contributed by atoms with Crippen LogP contribution in [0.1, 0.15) is 28.5 Å². The topological polar surface area (TPSA) is 67.4 Å². The third-order valence-electron chi connectivity index (χ3n) is 4.95. The molecule has 1 aliphatic heterocycles. The molecule has 1 amide bonds. The van der Waals surface area contributed by atoms with Crippen LogP contribution in [0.4, 0.5) is 5.82 Å². The number of thiazole rings is 1. The molecule has 0 unspecified atom stereocenters. The Kier molecular flexibility index (Phi) is 6.17. The van der Waals surface area contributed by atoms with E-state index in [9.17, 15) is 4.79 Å². The number of hydrogen-bond donors (Lipinski definition) is 1. The van der Waals surface area contributed by atoms with Gasteiger partial charge in [0.1, 0.15) is 16.5 Å². The molecule has 0 atom stereocenters. The first-order chi connectivity index (χ1) is 14.2. The molecular weight excluding hydrogens is 384 g/mol. The summed E-state index contributed by atoms with van der Waals surface area (Å²) in [6.07, 6.45) is 2.80. The predicted octanol–water partition coefficient (Wildman–Crippen LogP) is 3.53. The van der Waals surface area contributed by atoms with Crippen LogP contribution in [-0.4, -0.2) is 42.2 Å². The van der Waals surface area contributed by atoms with E-state index >= 15 is 0 Å². The number of anilines is 1. The summed E-state index contributed by atoms with van der Waals surface area (Å²) in [4.78, 5) is 23.7. The molecule has 29 heavy (non-hydrogen) atoms. The number of benzene rings is 1. The lowest BCUT2D eigenvalue weighted by atomic mass is 10.1. The van der Waals surface area contributed by atoms with E-state index in [1.54, 1.807) is 11.6 Å². The van der Waals surface area contributed by atoms with Crippen LogP contribution in [-0.2, 0) is 17.7 Å². The molecule has 0 radical (unpaired) electrons. The van der Waals surface area contributed by atoms with Gasteiger partial charge >= 0.3 is 0 Å². The van der Waals surface area contributed by atoms with Crippen molar-refractivity contribution in [2.75, 3.05) is 31.2 Å². The van der Waals surface area contributed by atoms with Crippen molar-refractivity contribution in [3.8, 4) is 10.6 Å². The summed E-state index contributed by atoms with van der Waals surface area (Å²) in [5, 5.41) is 5.58. The van der Waals surface area contributed by atoms with Crippen LogP contribution >= 0.6 is 11.3 Å². The molecule has 150 valence electrons. The molecule has 7 heteroatoms. The van der Waals surface area contributed by atoms with Gasteiger partial charge in [0.05, 0.1) is 13.2 Å². The molecule has 0 aliphatic carbocycles. The third kappa shape index (κ3) is 4.81. The fourth-order valence-electron chi connectivity index (χ4n) is 3.19. The van der Waals surface area contributed by atoms with Crippen LogP contribution in [0.5, 0.6) is 0 Å². The van der Waals surface area contributed by atoms with Gasteiger partial charge in [-0.25, -0.2) is 9.97 Å². The van der Waals surface area contributed by atoms with Gasteiger partial charge in [-0.2, -0.15) is 0 Å². The molecule has 0 bridgehead atoms. The minimum absolute atomic E-state index is 0.158. The highest BCUT2D eigenvalue weighted by molar-refractivity contribution is 7.13. The summed E-state index contributed by atoms with van der Waals surface area (Å²) >= 11 is 1.47. The SMILES string of the molecule is CCc1ccc(CNC(=O)c2csc(-c3ccnc(N4CCOCC4)c3)n2)cc1. The molecule has 0 saturated carbocycles. The number of aromatic nitrogens is 2. The zero-order valence-corrected chi connectivity index (χ0v) is 17.2. The van der Waals surface area contributed by atoms with Crippen LogP contribution in [0.2, 0.25) is 0 Å². The Morgan fingerprint density at radius 1 is 1.17 bits per heavy atom. The maximum atomic E-state index is 12.5. The van der Waals surface area contributed by atoms with Gasteiger partial charge in [-0.15, -0.1) is 11.3 Å². The molecule has 1 N–H and O–H groups in total. The van der Waals surface area contributed by atoms with Crippen LogP contribution in [0.15, 0.2) is 48.0 Å². The van der Waals surface area contributed by atoms with Crippen molar-refractivity contribution in [1.82, 2.24) is 15.3 Å². The van der Waals surface area contributed by atoms with Crippen LogP contribution < -0.4 is 10.2 Å². The van der Waals surface area contributed by atoms with Crippen molar-refractivity contribution in [2.45, 2.75) is 19.9 Å². The average molecular weight is 409 g/mol. The zero-order valence-electron chi connectivity index (χ0n) is 16.4. The summed E-state index contributed by atoms with van der Waals surface area (Å²) in [7, 11) is 0. The Bertz CT molecular complexity index is 965. The maximum Gasteiger partial charge on any atom is 0.271 e. The van der Waals surface area contributed by atoms with Crippen LogP contribution in [0.3, 0.4) is 0 Å². The lowest BCUT2D eigenvalue weighted by Crippen LogP contribution is -2.36. The number of carbonyl (C=O) groups is 1. The number of ether oxygens (including phenoxy) is 1.